The molecule has 0 radical (unpaired) electrons. The molecule has 0 fully saturated rings. The lowest BCUT2D eigenvalue weighted by Crippen LogP contribution is -2.20. The number of aryl methyl sites for hydroxylation is 1. The molecular formula is C19H18ClF3N6O3S. The molecule has 3 rings (SSSR count). The molecule has 33 heavy (non-hydrogen) atoms. The zero-order chi connectivity index (χ0) is 24.2. The monoisotopic (exact) mass is 502 g/mol. The lowest BCUT2D eigenvalue weighted by atomic mass is 10.3. The molecule has 14 heteroatoms. The smallest absolute Gasteiger partial charge is 0.422 e. The quantitative estimate of drug-likeness (QED) is 0.420. The number of anilines is 4. The van der Waals surface area contributed by atoms with Crippen LogP contribution in [0.2, 0.25) is 5.02 Å². The minimum Gasteiger partial charge on any atom is -0.482 e. The van der Waals surface area contributed by atoms with Crippen molar-refractivity contribution in [1.82, 2.24) is 19.7 Å². The van der Waals surface area contributed by atoms with Crippen LogP contribution in [0.5, 0.6) is 5.75 Å². The highest BCUT2D eigenvalue weighted by Crippen LogP contribution is 2.32. The first-order chi connectivity index (χ1) is 15.5. The van der Waals surface area contributed by atoms with Crippen LogP contribution >= 0.6 is 11.6 Å². The predicted molar refractivity (Wildman–Crippen MR) is 117 cm³/mol. The van der Waals surface area contributed by atoms with Crippen molar-refractivity contribution in [3.05, 3.63) is 53.4 Å². The Balaban J connectivity index is 1.90. The van der Waals surface area contributed by atoms with Crippen LogP contribution < -0.4 is 20.1 Å². The summed E-state index contributed by atoms with van der Waals surface area (Å²) in [6.45, 7) is 0.245. The SMILES string of the molecule is CNS(=O)(=O)c1ccc(OCC(F)(F)F)c(Nc2cc(Nc3cc(C)c(Cl)cn3)ncn2)c1. The van der Waals surface area contributed by atoms with Gasteiger partial charge in [0.25, 0.3) is 0 Å². The van der Waals surface area contributed by atoms with E-state index in [4.69, 9.17) is 16.3 Å². The second-order valence-corrected chi connectivity index (χ2v) is 8.92. The summed E-state index contributed by atoms with van der Waals surface area (Å²) in [6.07, 6.45) is -1.90. The van der Waals surface area contributed by atoms with Crippen molar-refractivity contribution >= 4 is 44.8 Å². The summed E-state index contributed by atoms with van der Waals surface area (Å²) < 4.78 is 69.2. The summed E-state index contributed by atoms with van der Waals surface area (Å²) in [5.41, 5.74) is 0.747. The van der Waals surface area contributed by atoms with E-state index < -0.39 is 22.8 Å². The third kappa shape index (κ3) is 6.66. The number of nitrogens with one attached hydrogen (secondary N) is 3. The Morgan fingerprint density at radius 1 is 1.03 bits per heavy atom. The van der Waals surface area contributed by atoms with Gasteiger partial charge in [0.1, 0.15) is 29.5 Å². The molecule has 0 saturated heterocycles. The van der Waals surface area contributed by atoms with Gasteiger partial charge >= 0.3 is 6.18 Å². The highest BCUT2D eigenvalue weighted by molar-refractivity contribution is 7.89. The van der Waals surface area contributed by atoms with Gasteiger partial charge in [0.05, 0.1) is 15.6 Å². The lowest BCUT2D eigenvalue weighted by molar-refractivity contribution is -0.153. The van der Waals surface area contributed by atoms with Gasteiger partial charge < -0.3 is 15.4 Å². The molecular weight excluding hydrogens is 485 g/mol. The minimum absolute atomic E-state index is 0.0410. The van der Waals surface area contributed by atoms with Crippen LogP contribution in [-0.2, 0) is 10.0 Å². The summed E-state index contributed by atoms with van der Waals surface area (Å²) in [4.78, 5) is 12.0. The minimum atomic E-state index is -4.58. The second kappa shape index (κ2) is 9.77. The van der Waals surface area contributed by atoms with Crippen LogP contribution in [0.25, 0.3) is 0 Å². The number of hydrogen-bond donors (Lipinski definition) is 3. The Labute approximate surface area is 192 Å². The first-order valence-corrected chi connectivity index (χ1v) is 11.1. The van der Waals surface area contributed by atoms with E-state index in [1.165, 1.54) is 25.6 Å². The van der Waals surface area contributed by atoms with Gasteiger partial charge in [-0.05, 0) is 43.8 Å². The first kappa shape index (κ1) is 24.5. The van der Waals surface area contributed by atoms with E-state index in [0.717, 1.165) is 23.8 Å². The second-order valence-electron chi connectivity index (χ2n) is 6.63. The van der Waals surface area contributed by atoms with Crippen LogP contribution in [0.4, 0.5) is 36.3 Å². The maximum absolute atomic E-state index is 12.6. The van der Waals surface area contributed by atoms with Crippen molar-refractivity contribution in [2.45, 2.75) is 18.0 Å². The molecule has 1 aromatic carbocycles. The van der Waals surface area contributed by atoms with Crippen LogP contribution in [0, 0.1) is 6.92 Å². The van der Waals surface area contributed by atoms with Gasteiger partial charge in [-0.15, -0.1) is 0 Å². The molecule has 3 N–H and O–H groups in total. The highest BCUT2D eigenvalue weighted by atomic mass is 35.5. The Bertz CT molecular complexity index is 1260. The van der Waals surface area contributed by atoms with Crippen LogP contribution in [0.15, 0.2) is 47.8 Å². The van der Waals surface area contributed by atoms with E-state index in [1.54, 1.807) is 13.0 Å². The van der Waals surface area contributed by atoms with Crippen molar-refractivity contribution in [1.29, 1.82) is 0 Å². The zero-order valence-corrected chi connectivity index (χ0v) is 18.8. The summed E-state index contributed by atoms with van der Waals surface area (Å²) in [5, 5.41) is 6.22. The van der Waals surface area contributed by atoms with Gasteiger partial charge in [-0.2, -0.15) is 13.2 Å². The van der Waals surface area contributed by atoms with Gasteiger partial charge in [-0.1, -0.05) is 11.6 Å². The third-order valence-corrected chi connectivity index (χ3v) is 5.96. The van der Waals surface area contributed by atoms with Crippen LogP contribution in [-0.4, -0.2) is 43.2 Å². The van der Waals surface area contributed by atoms with E-state index in [-0.39, 0.29) is 22.2 Å². The molecule has 176 valence electrons. The van der Waals surface area contributed by atoms with E-state index in [2.05, 4.69) is 30.3 Å². The van der Waals surface area contributed by atoms with Gasteiger partial charge in [0.2, 0.25) is 10.0 Å². The number of alkyl halides is 3. The number of pyridine rings is 1. The average Bonchev–Trinajstić information content (AvgIpc) is 2.75. The molecule has 0 amide bonds. The fourth-order valence-electron chi connectivity index (χ4n) is 2.55. The van der Waals surface area contributed by atoms with Crippen molar-refractivity contribution in [3.8, 4) is 5.75 Å². The van der Waals surface area contributed by atoms with Crippen LogP contribution in [0.1, 0.15) is 5.56 Å². The fraction of sp³-hybridized carbons (Fsp3) is 0.211. The Morgan fingerprint density at radius 3 is 2.33 bits per heavy atom. The summed E-state index contributed by atoms with van der Waals surface area (Å²) in [5.74, 6) is 0.718. The third-order valence-electron chi connectivity index (χ3n) is 4.15. The summed E-state index contributed by atoms with van der Waals surface area (Å²) >= 11 is 5.97. The number of aromatic nitrogens is 3. The highest BCUT2D eigenvalue weighted by Gasteiger charge is 2.29. The average molecular weight is 503 g/mol. The first-order valence-electron chi connectivity index (χ1n) is 9.22. The number of benzene rings is 1. The number of rotatable bonds is 8. The molecule has 2 heterocycles. The number of ether oxygens (including phenoxy) is 1. The van der Waals surface area contributed by atoms with E-state index in [0.29, 0.717) is 16.7 Å². The number of halogens is 4. The molecule has 0 aliphatic carbocycles. The fourth-order valence-corrected chi connectivity index (χ4v) is 3.41. The lowest BCUT2D eigenvalue weighted by Gasteiger charge is -2.16. The molecule has 9 nitrogen and oxygen atoms in total. The predicted octanol–water partition coefficient (Wildman–Crippen LogP) is 4.17. The number of nitrogens with zero attached hydrogens (tertiary/aromatic N) is 3. The molecule has 0 spiro atoms. The molecule has 0 bridgehead atoms. The van der Waals surface area contributed by atoms with E-state index >= 15 is 0 Å². The summed E-state index contributed by atoms with van der Waals surface area (Å²) in [7, 11) is -2.65. The van der Waals surface area contributed by atoms with Gasteiger partial charge in [0.15, 0.2) is 6.61 Å². The largest absolute Gasteiger partial charge is 0.482 e. The maximum atomic E-state index is 12.6. The van der Waals surface area contributed by atoms with Gasteiger partial charge in [-0.3, -0.25) is 0 Å². The van der Waals surface area contributed by atoms with Crippen molar-refractivity contribution in [2.75, 3.05) is 24.3 Å². The molecule has 0 atom stereocenters. The Morgan fingerprint density at radius 2 is 1.70 bits per heavy atom. The number of hydrogen-bond acceptors (Lipinski definition) is 8. The van der Waals surface area contributed by atoms with Gasteiger partial charge in [-0.25, -0.2) is 28.1 Å². The Hall–Kier alpha value is -3.16. The maximum Gasteiger partial charge on any atom is 0.422 e. The van der Waals surface area contributed by atoms with E-state index in [9.17, 15) is 21.6 Å². The molecule has 0 saturated carbocycles. The number of sulfonamides is 1. The van der Waals surface area contributed by atoms with Crippen LogP contribution in [0.3, 0.4) is 0 Å². The summed E-state index contributed by atoms with van der Waals surface area (Å²) in [6, 6.07) is 6.55. The van der Waals surface area contributed by atoms with Crippen molar-refractivity contribution in [3.63, 3.8) is 0 Å². The zero-order valence-electron chi connectivity index (χ0n) is 17.2. The molecule has 0 aliphatic heterocycles. The molecule has 2 aromatic heterocycles. The van der Waals surface area contributed by atoms with Crippen molar-refractivity contribution < 1.29 is 26.3 Å². The normalized spacial score (nSPS) is 11.8. The Kier molecular flexibility index (Phi) is 7.25. The topological polar surface area (TPSA) is 118 Å². The standard InChI is InChI=1S/C19H18ClF3N6O3S/c1-11-5-16(25-8-13(11)20)29-18-7-17(26-10-27-18)28-14-6-12(33(30,31)24-2)3-4-15(14)32-9-19(21,22)23/h3-8,10,24H,9H2,1-2H3,(H2,25,26,27,28,29). The van der Waals surface area contributed by atoms with Crippen molar-refractivity contribution in [2.24, 2.45) is 0 Å². The molecule has 0 aliphatic rings. The van der Waals surface area contributed by atoms with E-state index in [1.807, 2.05) is 0 Å². The molecule has 0 unspecified atom stereocenters. The molecule has 3 aromatic rings. The van der Waals surface area contributed by atoms with Gasteiger partial charge in [0, 0.05) is 12.3 Å².